The van der Waals surface area contributed by atoms with Gasteiger partial charge in [0.05, 0.1) is 13.1 Å². The van der Waals surface area contributed by atoms with E-state index in [1.807, 2.05) is 0 Å². The van der Waals surface area contributed by atoms with E-state index in [2.05, 4.69) is 13.2 Å². The molecule has 0 aromatic carbocycles. The second kappa shape index (κ2) is 11.8. The summed E-state index contributed by atoms with van der Waals surface area (Å²) in [6.45, 7) is 6.23. The summed E-state index contributed by atoms with van der Waals surface area (Å²) in [6, 6.07) is 0. The van der Waals surface area contributed by atoms with Crippen molar-refractivity contribution in [1.29, 1.82) is 0 Å². The molecule has 0 aromatic rings. The third kappa shape index (κ3) is 8.06. The van der Waals surface area contributed by atoms with Crippen LogP contribution < -0.4 is 0 Å². The van der Waals surface area contributed by atoms with E-state index in [0.29, 0.717) is 22.9 Å². The van der Waals surface area contributed by atoms with Gasteiger partial charge in [-0.1, -0.05) is 13.2 Å². The van der Waals surface area contributed by atoms with Crippen molar-refractivity contribution in [2.45, 2.75) is 12.8 Å². The predicted octanol–water partition coefficient (Wildman–Crippen LogP) is -0.594. The highest BCUT2D eigenvalue weighted by atomic mass is 16.5. The quantitative estimate of drug-likeness (QED) is 0.262. The van der Waals surface area contributed by atoms with E-state index in [0.717, 1.165) is 9.80 Å². The zero-order valence-corrected chi connectivity index (χ0v) is 13.3. The highest BCUT2D eigenvalue weighted by Crippen LogP contribution is 1.97. The Morgan fingerprint density at radius 2 is 1.08 bits per heavy atom. The molecule has 0 heterocycles. The van der Waals surface area contributed by atoms with Crippen LogP contribution in [0, 0.1) is 0 Å². The molecule has 0 atom stereocenters. The highest BCUT2D eigenvalue weighted by Gasteiger charge is 2.16. The van der Waals surface area contributed by atoms with Crippen molar-refractivity contribution >= 4 is 24.6 Å². The van der Waals surface area contributed by atoms with E-state index in [9.17, 15) is 29.6 Å². The Balaban J connectivity index is 4.16. The van der Waals surface area contributed by atoms with E-state index in [4.69, 9.17) is 0 Å². The number of carbonyl (C=O) groups excluding carboxylic acids is 4. The second-order valence-electron chi connectivity index (χ2n) is 4.59. The molecule has 0 unspecified atom stereocenters. The smallest absolute Gasteiger partial charge is 0.247 e. The van der Waals surface area contributed by atoms with Gasteiger partial charge in [0.15, 0.2) is 0 Å². The van der Waals surface area contributed by atoms with Crippen molar-refractivity contribution in [3.63, 3.8) is 0 Å². The molecular formula is C14H22N4O6. The van der Waals surface area contributed by atoms with E-state index < -0.39 is 11.8 Å². The first-order valence-electron chi connectivity index (χ1n) is 7.05. The summed E-state index contributed by atoms with van der Waals surface area (Å²) in [7, 11) is 0. The monoisotopic (exact) mass is 342 g/mol. The molecular weight excluding hydrogens is 320 g/mol. The maximum atomic E-state index is 11.6. The molecule has 0 aromatic heterocycles. The summed E-state index contributed by atoms with van der Waals surface area (Å²) < 4.78 is 0. The summed E-state index contributed by atoms with van der Waals surface area (Å²) >= 11 is 0. The topological polar surface area (TPSA) is 122 Å². The highest BCUT2D eigenvalue weighted by molar-refractivity contribution is 5.76. The molecule has 0 saturated carbocycles. The minimum absolute atomic E-state index is 0.0494. The maximum absolute atomic E-state index is 11.6. The summed E-state index contributed by atoms with van der Waals surface area (Å²) in [6.07, 6.45) is 3.16. The van der Waals surface area contributed by atoms with Crippen molar-refractivity contribution in [2.75, 3.05) is 26.2 Å². The summed E-state index contributed by atoms with van der Waals surface area (Å²) in [5, 5.41) is 19.8. The van der Waals surface area contributed by atoms with Crippen LogP contribution in [-0.4, -0.2) is 81.2 Å². The predicted molar refractivity (Wildman–Crippen MR) is 82.2 cm³/mol. The molecule has 0 fully saturated rings. The molecule has 0 spiro atoms. The van der Waals surface area contributed by atoms with Crippen molar-refractivity contribution in [3.05, 3.63) is 25.6 Å². The van der Waals surface area contributed by atoms with Crippen LogP contribution in [0.2, 0.25) is 0 Å². The molecule has 134 valence electrons. The molecule has 4 amide bonds. The van der Waals surface area contributed by atoms with Gasteiger partial charge in [-0.05, 0) is 12.4 Å². The van der Waals surface area contributed by atoms with Crippen LogP contribution in [0.25, 0.3) is 0 Å². The molecule has 0 radical (unpaired) electrons. The van der Waals surface area contributed by atoms with Gasteiger partial charge >= 0.3 is 0 Å². The molecule has 0 aliphatic rings. The average Bonchev–Trinajstić information content (AvgIpc) is 2.60. The zero-order valence-electron chi connectivity index (χ0n) is 13.3. The fourth-order valence-corrected chi connectivity index (χ4v) is 1.52. The number of amides is 4. The van der Waals surface area contributed by atoms with Gasteiger partial charge in [-0.3, -0.25) is 29.6 Å². The molecule has 2 N–H and O–H groups in total. The molecule has 10 nitrogen and oxygen atoms in total. The molecule has 0 bridgehead atoms. The van der Waals surface area contributed by atoms with Gasteiger partial charge in [0.25, 0.3) is 0 Å². The normalized spacial score (nSPS) is 9.58. The first kappa shape index (κ1) is 21.3. The third-order valence-corrected chi connectivity index (χ3v) is 3.01. The van der Waals surface area contributed by atoms with Crippen LogP contribution in [0.4, 0.5) is 0 Å². The van der Waals surface area contributed by atoms with Crippen LogP contribution in [0.1, 0.15) is 12.8 Å². The average molecular weight is 342 g/mol. The van der Waals surface area contributed by atoms with Crippen LogP contribution >= 0.6 is 0 Å². The van der Waals surface area contributed by atoms with Gasteiger partial charge in [0, 0.05) is 25.9 Å². The molecule has 24 heavy (non-hydrogen) atoms. The Kier molecular flexibility index (Phi) is 10.5. The second-order valence-corrected chi connectivity index (χ2v) is 4.59. The van der Waals surface area contributed by atoms with Crippen LogP contribution in [-0.2, 0) is 19.2 Å². The number of hydroxylamine groups is 4. The minimum Gasteiger partial charge on any atom is -0.322 e. The fourth-order valence-electron chi connectivity index (χ4n) is 1.52. The third-order valence-electron chi connectivity index (χ3n) is 3.01. The van der Waals surface area contributed by atoms with Crippen LogP contribution in [0.3, 0.4) is 0 Å². The summed E-state index contributed by atoms with van der Waals surface area (Å²) in [5.74, 6) is -1.35. The molecule has 0 rings (SSSR count). The molecule has 0 aliphatic carbocycles. The van der Waals surface area contributed by atoms with Gasteiger partial charge < -0.3 is 9.80 Å². The Morgan fingerprint density at radius 1 is 0.750 bits per heavy atom. The van der Waals surface area contributed by atoms with Crippen molar-refractivity contribution in [2.24, 2.45) is 0 Å². The van der Waals surface area contributed by atoms with Crippen molar-refractivity contribution in [1.82, 2.24) is 19.9 Å². The number of hydrogen-bond donors (Lipinski definition) is 2. The zero-order chi connectivity index (χ0) is 18.5. The standard InChI is InChI=1S/C14H22N4O6/c1-3-15(11-19)7-5-13(21)17(23)9-10-18(24)14(22)6-8-16(4-2)12-20/h3-4,11-12,23-24H,1-2,5-10H2. The van der Waals surface area contributed by atoms with Crippen molar-refractivity contribution < 1.29 is 29.6 Å². The SMILES string of the molecule is C=CN(C=O)CCC(=O)N(O)CCN(O)C(=O)CCN(C=C)C=O. The van der Waals surface area contributed by atoms with Gasteiger partial charge in [-0.15, -0.1) is 0 Å². The van der Waals surface area contributed by atoms with Gasteiger partial charge in [-0.2, -0.15) is 0 Å². The fraction of sp³-hybridized carbons (Fsp3) is 0.429. The van der Waals surface area contributed by atoms with Gasteiger partial charge in [0.1, 0.15) is 0 Å². The van der Waals surface area contributed by atoms with Crippen LogP contribution in [0.5, 0.6) is 0 Å². The minimum atomic E-state index is -0.677. The van der Waals surface area contributed by atoms with E-state index in [1.165, 1.54) is 12.4 Å². The Labute approximate surface area is 139 Å². The first-order chi connectivity index (χ1) is 11.4. The molecule has 0 saturated heterocycles. The lowest BCUT2D eigenvalue weighted by molar-refractivity contribution is -0.181. The Bertz CT molecular complexity index is 412. The number of carbonyl (C=O) groups is 4. The number of rotatable bonds is 13. The summed E-state index contributed by atoms with van der Waals surface area (Å²) in [4.78, 5) is 46.5. The number of hydrogen-bond acceptors (Lipinski definition) is 6. The lowest BCUT2D eigenvalue weighted by atomic mass is 10.3. The maximum Gasteiger partial charge on any atom is 0.247 e. The lowest BCUT2D eigenvalue weighted by Gasteiger charge is -2.21. The molecule has 10 heteroatoms. The number of nitrogens with zero attached hydrogens (tertiary/aromatic N) is 4. The van der Waals surface area contributed by atoms with E-state index >= 15 is 0 Å². The van der Waals surface area contributed by atoms with Gasteiger partial charge in [-0.25, -0.2) is 10.1 Å². The van der Waals surface area contributed by atoms with Gasteiger partial charge in [0.2, 0.25) is 24.6 Å². The Morgan fingerprint density at radius 3 is 1.33 bits per heavy atom. The van der Waals surface area contributed by atoms with Crippen molar-refractivity contribution in [3.8, 4) is 0 Å². The largest absolute Gasteiger partial charge is 0.322 e. The van der Waals surface area contributed by atoms with Crippen LogP contribution in [0.15, 0.2) is 25.6 Å². The summed E-state index contributed by atoms with van der Waals surface area (Å²) in [5.41, 5.74) is 0. The van der Waals surface area contributed by atoms with E-state index in [-0.39, 0.29) is 39.0 Å². The first-order valence-corrected chi connectivity index (χ1v) is 7.05. The molecule has 0 aliphatic heterocycles. The van der Waals surface area contributed by atoms with E-state index in [1.54, 1.807) is 0 Å². The Hall–Kier alpha value is -2.72. The lowest BCUT2D eigenvalue weighted by Crippen LogP contribution is -2.39.